The van der Waals surface area contributed by atoms with Gasteiger partial charge in [-0.1, -0.05) is 6.92 Å². The van der Waals surface area contributed by atoms with E-state index >= 15 is 0 Å². The number of rotatable bonds is 3. The van der Waals surface area contributed by atoms with E-state index in [1.807, 2.05) is 20.2 Å². The fraction of sp³-hybridized carbons (Fsp3) is 0.375. The molecule has 0 aliphatic heterocycles. The molecule has 0 fully saturated rings. The number of guanidine groups is 1. The van der Waals surface area contributed by atoms with Crippen LogP contribution in [0.5, 0.6) is 0 Å². The number of hydrogen-bond acceptors (Lipinski definition) is 3. The molecule has 76 valence electrons. The van der Waals surface area contributed by atoms with Crippen LogP contribution in [-0.4, -0.2) is 22.0 Å². The quantitative estimate of drug-likeness (QED) is 0.389. The summed E-state index contributed by atoms with van der Waals surface area (Å²) >= 11 is 0. The maximum atomic E-state index is 5.13. The van der Waals surface area contributed by atoms with Gasteiger partial charge in [-0.3, -0.25) is 4.68 Å². The largest absolute Gasteiger partial charge is 0.369 e. The Kier molecular flexibility index (Phi) is 3.22. The minimum absolute atomic E-state index is 0.0526. The van der Waals surface area contributed by atoms with Crippen LogP contribution in [0.3, 0.4) is 0 Å². The predicted octanol–water partition coefficient (Wildman–Crippen LogP) is -0.410. The van der Waals surface area contributed by atoms with Crippen molar-refractivity contribution in [2.45, 2.75) is 13.3 Å². The third-order valence-corrected chi connectivity index (χ3v) is 1.64. The summed E-state index contributed by atoms with van der Waals surface area (Å²) in [5.74, 6) is -0.0526. The van der Waals surface area contributed by atoms with Crippen molar-refractivity contribution in [3.8, 4) is 0 Å². The lowest BCUT2D eigenvalue weighted by molar-refractivity contribution is 0.746. The zero-order valence-electron chi connectivity index (χ0n) is 8.31. The van der Waals surface area contributed by atoms with Gasteiger partial charge in [-0.15, -0.1) is 5.10 Å². The van der Waals surface area contributed by atoms with Crippen molar-refractivity contribution in [1.82, 2.24) is 9.78 Å². The van der Waals surface area contributed by atoms with Crippen LogP contribution in [0.15, 0.2) is 16.4 Å². The third kappa shape index (κ3) is 2.58. The van der Waals surface area contributed by atoms with Gasteiger partial charge in [-0.05, 0) is 6.42 Å². The van der Waals surface area contributed by atoms with E-state index in [0.717, 1.165) is 17.7 Å². The van der Waals surface area contributed by atoms with Crippen molar-refractivity contribution in [3.63, 3.8) is 0 Å². The molecule has 0 amide bonds. The lowest BCUT2D eigenvalue weighted by Crippen LogP contribution is -2.21. The molecule has 6 heteroatoms. The summed E-state index contributed by atoms with van der Waals surface area (Å²) in [6.07, 6.45) is 4.31. The number of aromatic nitrogens is 2. The summed E-state index contributed by atoms with van der Waals surface area (Å²) in [4.78, 5) is 0. The Morgan fingerprint density at radius 3 is 2.93 bits per heavy atom. The van der Waals surface area contributed by atoms with Gasteiger partial charge in [-0.25, -0.2) is 0 Å². The molecule has 0 radical (unpaired) electrons. The Hall–Kier alpha value is -1.85. The van der Waals surface area contributed by atoms with Gasteiger partial charge < -0.3 is 11.5 Å². The van der Waals surface area contributed by atoms with Gasteiger partial charge in [0.15, 0.2) is 0 Å². The zero-order chi connectivity index (χ0) is 10.6. The lowest BCUT2D eigenvalue weighted by Gasteiger charge is -1.88. The Bertz CT molecular complexity index is 358. The Morgan fingerprint density at radius 1 is 1.64 bits per heavy atom. The van der Waals surface area contributed by atoms with E-state index in [-0.39, 0.29) is 5.96 Å². The highest BCUT2D eigenvalue weighted by molar-refractivity contribution is 5.82. The van der Waals surface area contributed by atoms with Gasteiger partial charge in [0.25, 0.3) is 0 Å². The highest BCUT2D eigenvalue weighted by atomic mass is 15.3. The Morgan fingerprint density at radius 2 is 2.36 bits per heavy atom. The summed E-state index contributed by atoms with van der Waals surface area (Å²) in [7, 11) is 1.86. The van der Waals surface area contributed by atoms with E-state index in [4.69, 9.17) is 11.5 Å². The molecule has 14 heavy (non-hydrogen) atoms. The molecule has 0 atom stereocenters. The van der Waals surface area contributed by atoms with Crippen LogP contribution in [-0.2, 0) is 13.5 Å². The fourth-order valence-electron chi connectivity index (χ4n) is 1.09. The Balaban J connectivity index is 2.85. The molecule has 1 aromatic rings. The molecule has 6 nitrogen and oxygen atoms in total. The van der Waals surface area contributed by atoms with Crippen molar-refractivity contribution in [2.24, 2.45) is 28.7 Å². The molecule has 0 spiro atoms. The summed E-state index contributed by atoms with van der Waals surface area (Å²) in [5.41, 5.74) is 12.2. The van der Waals surface area contributed by atoms with Crippen LogP contribution in [0.1, 0.15) is 18.2 Å². The molecule has 0 aromatic carbocycles. The van der Waals surface area contributed by atoms with Crippen LogP contribution in [0.4, 0.5) is 0 Å². The predicted molar refractivity (Wildman–Crippen MR) is 56.0 cm³/mol. The standard InChI is InChI=1S/C8H14N6/c1-3-7-6(5-14(2)13-7)4-11-12-8(9)10/h4-5H,3H2,1-2H3,(H4,9,10,12)/b11-4+. The monoisotopic (exact) mass is 194 g/mol. The SMILES string of the molecule is CCc1nn(C)cc1/C=N/N=C(N)N. The molecule has 1 heterocycles. The number of hydrogen-bond donors (Lipinski definition) is 2. The molecule has 0 saturated carbocycles. The van der Waals surface area contributed by atoms with E-state index in [2.05, 4.69) is 15.3 Å². The van der Waals surface area contributed by atoms with Crippen LogP contribution in [0, 0.1) is 0 Å². The molecule has 0 bridgehead atoms. The minimum Gasteiger partial charge on any atom is -0.369 e. The van der Waals surface area contributed by atoms with Crippen molar-refractivity contribution >= 4 is 12.2 Å². The van der Waals surface area contributed by atoms with E-state index in [9.17, 15) is 0 Å². The topological polar surface area (TPSA) is 94.6 Å². The number of aryl methyl sites for hydroxylation is 2. The summed E-state index contributed by atoms with van der Waals surface area (Å²) in [6.45, 7) is 2.03. The molecule has 1 aromatic heterocycles. The first-order valence-corrected chi connectivity index (χ1v) is 4.28. The fourth-order valence-corrected chi connectivity index (χ4v) is 1.09. The summed E-state index contributed by atoms with van der Waals surface area (Å²) in [6, 6.07) is 0. The van der Waals surface area contributed by atoms with Crippen LogP contribution >= 0.6 is 0 Å². The highest BCUT2D eigenvalue weighted by Crippen LogP contribution is 2.03. The van der Waals surface area contributed by atoms with Gasteiger partial charge in [0.05, 0.1) is 11.9 Å². The normalized spacial score (nSPS) is 10.7. The first-order chi connectivity index (χ1) is 6.63. The molecule has 0 unspecified atom stereocenters. The van der Waals surface area contributed by atoms with Crippen LogP contribution in [0.2, 0.25) is 0 Å². The highest BCUT2D eigenvalue weighted by Gasteiger charge is 2.01. The van der Waals surface area contributed by atoms with E-state index < -0.39 is 0 Å². The lowest BCUT2D eigenvalue weighted by atomic mass is 10.2. The number of nitrogens with two attached hydrogens (primary N) is 2. The van der Waals surface area contributed by atoms with Gasteiger partial charge in [0.2, 0.25) is 5.96 Å². The van der Waals surface area contributed by atoms with Crippen LogP contribution < -0.4 is 11.5 Å². The molecular formula is C8H14N6. The van der Waals surface area contributed by atoms with E-state index in [1.165, 1.54) is 0 Å². The maximum Gasteiger partial charge on any atom is 0.211 e. The molecule has 0 aliphatic carbocycles. The second-order valence-electron chi connectivity index (χ2n) is 2.83. The molecule has 0 aliphatic rings. The summed E-state index contributed by atoms with van der Waals surface area (Å²) < 4.78 is 1.73. The van der Waals surface area contributed by atoms with Gasteiger partial charge in [0, 0.05) is 18.8 Å². The molecular weight excluding hydrogens is 180 g/mol. The number of nitrogens with zero attached hydrogens (tertiary/aromatic N) is 4. The smallest absolute Gasteiger partial charge is 0.211 e. The van der Waals surface area contributed by atoms with Gasteiger partial charge in [-0.2, -0.15) is 10.2 Å². The van der Waals surface area contributed by atoms with Crippen molar-refractivity contribution in [2.75, 3.05) is 0 Å². The summed E-state index contributed by atoms with van der Waals surface area (Å²) in [5, 5.41) is 11.5. The molecule has 4 N–H and O–H groups in total. The second kappa shape index (κ2) is 4.40. The average molecular weight is 194 g/mol. The third-order valence-electron chi connectivity index (χ3n) is 1.64. The van der Waals surface area contributed by atoms with Gasteiger partial charge >= 0.3 is 0 Å². The van der Waals surface area contributed by atoms with Gasteiger partial charge in [0.1, 0.15) is 0 Å². The first-order valence-electron chi connectivity index (χ1n) is 4.28. The van der Waals surface area contributed by atoms with E-state index in [0.29, 0.717) is 0 Å². The van der Waals surface area contributed by atoms with Crippen molar-refractivity contribution < 1.29 is 0 Å². The maximum absolute atomic E-state index is 5.13. The first kappa shape index (κ1) is 10.2. The van der Waals surface area contributed by atoms with E-state index in [1.54, 1.807) is 10.9 Å². The Labute approximate surface area is 82.3 Å². The van der Waals surface area contributed by atoms with Crippen molar-refractivity contribution in [1.29, 1.82) is 0 Å². The molecule has 1 rings (SSSR count). The average Bonchev–Trinajstić information content (AvgIpc) is 2.45. The molecule has 0 saturated heterocycles. The zero-order valence-corrected chi connectivity index (χ0v) is 8.31. The minimum atomic E-state index is -0.0526. The van der Waals surface area contributed by atoms with Crippen LogP contribution in [0.25, 0.3) is 0 Å². The van der Waals surface area contributed by atoms with Crippen molar-refractivity contribution in [3.05, 3.63) is 17.5 Å². The second-order valence-corrected chi connectivity index (χ2v) is 2.83.